The summed E-state index contributed by atoms with van der Waals surface area (Å²) in [5, 5.41) is 7.72. The van der Waals surface area contributed by atoms with Crippen LogP contribution in [0.15, 0.2) is 103 Å². The van der Waals surface area contributed by atoms with Crippen LogP contribution in [0.2, 0.25) is 0 Å². The maximum Gasteiger partial charge on any atom is 0.453 e. The summed E-state index contributed by atoms with van der Waals surface area (Å²) in [6, 6.07) is 24.6. The predicted octanol–water partition coefficient (Wildman–Crippen LogP) is 7.77. The lowest BCUT2D eigenvalue weighted by Gasteiger charge is -2.28. The van der Waals surface area contributed by atoms with Gasteiger partial charge in [-0.1, -0.05) is 42.5 Å². The van der Waals surface area contributed by atoms with Gasteiger partial charge in [0.25, 0.3) is 0 Å². The van der Waals surface area contributed by atoms with Crippen molar-refractivity contribution in [2.45, 2.75) is 38.8 Å². The molecule has 0 radical (unpaired) electrons. The lowest BCUT2D eigenvalue weighted by molar-refractivity contribution is -0.137. The Hall–Kier alpha value is -5.29. The molecule has 0 aliphatic carbocycles. The normalized spacial score (nSPS) is 11.9. The molecule has 0 aliphatic rings. The van der Waals surface area contributed by atoms with Crippen LogP contribution < -0.4 is 25.0 Å². The van der Waals surface area contributed by atoms with Crippen molar-refractivity contribution in [2.75, 3.05) is 10.6 Å². The summed E-state index contributed by atoms with van der Waals surface area (Å²) in [6.45, 7) is 2.54. The number of carbonyl (C=O) groups is 3. The standard InChI is InChI=1S/C33H31F3N3O7P/c1-22(40)37-27-12-16-29(17-13-27)45-47(43,46-30-18-14-28(15-19-30)38-23(2)41)31(20-24-8-10-26(11-9-24)33(34,35)36)39-32(42)44-21-25-6-4-3-5-7-25/h3-19,31H,20-21H2,1-2H3,(H,37,40)(H,38,41)(H,39,42). The highest BCUT2D eigenvalue weighted by atomic mass is 31.2. The van der Waals surface area contributed by atoms with Crippen LogP contribution in [0.1, 0.15) is 30.5 Å². The van der Waals surface area contributed by atoms with Crippen LogP contribution >= 0.6 is 7.60 Å². The van der Waals surface area contributed by atoms with Gasteiger partial charge < -0.3 is 29.7 Å². The number of hydrogen-bond acceptors (Lipinski definition) is 7. The fourth-order valence-electron chi connectivity index (χ4n) is 4.24. The number of hydrogen-bond donors (Lipinski definition) is 3. The van der Waals surface area contributed by atoms with Gasteiger partial charge in [-0.05, 0) is 71.8 Å². The van der Waals surface area contributed by atoms with E-state index in [-0.39, 0.29) is 41.9 Å². The molecule has 0 fully saturated rings. The van der Waals surface area contributed by atoms with E-state index in [9.17, 15) is 32.1 Å². The molecule has 3 N–H and O–H groups in total. The molecule has 14 heteroatoms. The van der Waals surface area contributed by atoms with Gasteiger partial charge in [0.1, 0.15) is 18.1 Å². The zero-order valence-electron chi connectivity index (χ0n) is 25.2. The van der Waals surface area contributed by atoms with Crippen molar-refractivity contribution in [3.63, 3.8) is 0 Å². The average Bonchev–Trinajstić information content (AvgIpc) is 3.01. The summed E-state index contributed by atoms with van der Waals surface area (Å²) in [4.78, 5) is 36.0. The smallest absolute Gasteiger partial charge is 0.445 e. The molecule has 10 nitrogen and oxygen atoms in total. The van der Waals surface area contributed by atoms with Gasteiger partial charge in [0, 0.05) is 31.6 Å². The number of halogens is 3. The summed E-state index contributed by atoms with van der Waals surface area (Å²) in [6.07, 6.45) is -5.85. The summed E-state index contributed by atoms with van der Waals surface area (Å²) in [5.74, 6) is -2.04. The molecule has 4 rings (SSSR count). The van der Waals surface area contributed by atoms with Gasteiger partial charge in [0.2, 0.25) is 11.8 Å². The number of ether oxygens (including phenoxy) is 1. The lowest BCUT2D eigenvalue weighted by Crippen LogP contribution is -2.39. The summed E-state index contributed by atoms with van der Waals surface area (Å²) in [7, 11) is -4.53. The molecule has 3 amide bonds. The minimum absolute atomic E-state index is 0.0363. The fourth-order valence-corrected chi connectivity index (χ4v) is 6.06. The van der Waals surface area contributed by atoms with Gasteiger partial charge in [-0.15, -0.1) is 0 Å². The quantitative estimate of drug-likeness (QED) is 0.131. The van der Waals surface area contributed by atoms with Gasteiger partial charge in [0.05, 0.1) is 5.56 Å². The van der Waals surface area contributed by atoms with E-state index < -0.39 is 31.2 Å². The van der Waals surface area contributed by atoms with Crippen molar-refractivity contribution in [3.05, 3.63) is 120 Å². The molecule has 246 valence electrons. The Morgan fingerprint density at radius 3 is 1.64 bits per heavy atom. The first-order chi connectivity index (χ1) is 22.3. The molecule has 0 saturated carbocycles. The highest BCUT2D eigenvalue weighted by Crippen LogP contribution is 2.53. The second-order valence-corrected chi connectivity index (χ2v) is 12.3. The van der Waals surface area contributed by atoms with Crippen molar-refractivity contribution in [1.29, 1.82) is 0 Å². The first-order valence-electron chi connectivity index (χ1n) is 14.2. The monoisotopic (exact) mass is 669 g/mol. The van der Waals surface area contributed by atoms with Gasteiger partial charge in [0.15, 0.2) is 5.78 Å². The van der Waals surface area contributed by atoms with E-state index in [4.69, 9.17) is 13.8 Å². The number of rotatable bonds is 12. The van der Waals surface area contributed by atoms with Crippen LogP contribution in [0.5, 0.6) is 11.5 Å². The molecule has 0 saturated heterocycles. The molecule has 0 aromatic heterocycles. The van der Waals surface area contributed by atoms with E-state index in [0.29, 0.717) is 16.9 Å². The topological polar surface area (TPSA) is 132 Å². The van der Waals surface area contributed by atoms with Crippen molar-refractivity contribution in [1.82, 2.24) is 5.32 Å². The SMILES string of the molecule is CC(=O)Nc1ccc(OP(=O)(Oc2ccc(NC(C)=O)cc2)C(Cc2ccc(C(F)(F)F)cc2)NC(=O)OCc2ccccc2)cc1. The number of amides is 3. The Kier molecular flexibility index (Phi) is 11.3. The van der Waals surface area contributed by atoms with Gasteiger partial charge >= 0.3 is 19.9 Å². The van der Waals surface area contributed by atoms with Crippen molar-refractivity contribution < 1.29 is 45.9 Å². The van der Waals surface area contributed by atoms with E-state index in [1.807, 2.05) is 0 Å². The largest absolute Gasteiger partial charge is 0.453 e. The summed E-state index contributed by atoms with van der Waals surface area (Å²) < 4.78 is 71.7. The highest BCUT2D eigenvalue weighted by Gasteiger charge is 2.41. The third-order valence-electron chi connectivity index (χ3n) is 6.40. The third-order valence-corrected chi connectivity index (χ3v) is 8.41. The van der Waals surface area contributed by atoms with Crippen LogP contribution in [-0.2, 0) is 38.1 Å². The summed E-state index contributed by atoms with van der Waals surface area (Å²) in [5.41, 5.74) is 0.926. The van der Waals surface area contributed by atoms with E-state index in [2.05, 4.69) is 16.0 Å². The van der Waals surface area contributed by atoms with Crippen LogP contribution in [0.25, 0.3) is 0 Å². The molecular weight excluding hydrogens is 638 g/mol. The molecule has 0 aliphatic heterocycles. The molecule has 47 heavy (non-hydrogen) atoms. The Morgan fingerprint density at radius 2 is 1.19 bits per heavy atom. The van der Waals surface area contributed by atoms with E-state index in [1.54, 1.807) is 30.3 Å². The summed E-state index contributed by atoms with van der Waals surface area (Å²) >= 11 is 0. The Balaban J connectivity index is 1.69. The minimum Gasteiger partial charge on any atom is -0.445 e. The first kappa shape index (κ1) is 34.6. The molecule has 0 bridgehead atoms. The maximum absolute atomic E-state index is 14.8. The molecule has 0 heterocycles. The zero-order valence-corrected chi connectivity index (χ0v) is 26.1. The second kappa shape index (κ2) is 15.3. The predicted molar refractivity (Wildman–Crippen MR) is 169 cm³/mol. The Morgan fingerprint density at radius 1 is 0.702 bits per heavy atom. The van der Waals surface area contributed by atoms with E-state index in [0.717, 1.165) is 12.1 Å². The average molecular weight is 670 g/mol. The number of anilines is 2. The molecule has 4 aromatic rings. The van der Waals surface area contributed by atoms with Crippen molar-refractivity contribution in [2.24, 2.45) is 0 Å². The number of alkyl carbamates (subject to hydrolysis) is 1. The van der Waals surface area contributed by atoms with Crippen LogP contribution in [-0.4, -0.2) is 23.7 Å². The second-order valence-electron chi connectivity index (χ2n) is 10.3. The maximum atomic E-state index is 14.8. The van der Waals surface area contributed by atoms with Crippen LogP contribution in [0.3, 0.4) is 0 Å². The van der Waals surface area contributed by atoms with Gasteiger partial charge in [-0.2, -0.15) is 13.2 Å². The number of alkyl halides is 3. The van der Waals surface area contributed by atoms with Gasteiger partial charge in [-0.25, -0.2) is 9.36 Å². The fraction of sp³-hybridized carbons (Fsp3) is 0.182. The minimum atomic E-state index is -4.58. The van der Waals surface area contributed by atoms with Crippen molar-refractivity contribution >= 4 is 36.9 Å². The van der Waals surface area contributed by atoms with Crippen molar-refractivity contribution in [3.8, 4) is 11.5 Å². The highest BCUT2D eigenvalue weighted by molar-refractivity contribution is 7.55. The first-order valence-corrected chi connectivity index (χ1v) is 15.8. The molecular formula is C33H31F3N3O7P. The number of benzene rings is 4. The number of nitrogens with one attached hydrogen (secondary N) is 3. The van der Waals surface area contributed by atoms with Gasteiger partial charge in [-0.3, -0.25) is 9.59 Å². The number of carbonyl (C=O) groups excluding carboxylic acids is 3. The Labute approximate surface area is 268 Å². The molecule has 1 unspecified atom stereocenters. The van der Waals surface area contributed by atoms with Crippen LogP contribution in [0, 0.1) is 0 Å². The van der Waals surface area contributed by atoms with E-state index in [1.165, 1.54) is 74.5 Å². The Bertz CT molecular complexity index is 1650. The van der Waals surface area contributed by atoms with E-state index >= 15 is 0 Å². The lowest BCUT2D eigenvalue weighted by atomic mass is 10.1. The molecule has 0 spiro atoms. The molecule has 1 atom stereocenters. The molecule has 4 aromatic carbocycles. The zero-order chi connectivity index (χ0) is 34.0. The third kappa shape index (κ3) is 10.6. The van der Waals surface area contributed by atoms with Crippen LogP contribution in [0.4, 0.5) is 29.3 Å².